The van der Waals surface area contributed by atoms with E-state index in [0.717, 1.165) is 21.4 Å². The molecule has 0 saturated carbocycles. The van der Waals surface area contributed by atoms with E-state index in [1.807, 2.05) is 51.3 Å². The molecule has 2 aromatic rings. The van der Waals surface area contributed by atoms with Gasteiger partial charge in [0.2, 0.25) is 0 Å². The fraction of sp³-hybridized carbons (Fsp3) is 0.429. The van der Waals surface area contributed by atoms with Crippen molar-refractivity contribution in [2.75, 3.05) is 0 Å². The summed E-state index contributed by atoms with van der Waals surface area (Å²) in [7, 11) is 0. The summed E-state index contributed by atoms with van der Waals surface area (Å²) < 4.78 is 2.74. The molecule has 0 bridgehead atoms. The SMILES string of the molecule is Cc1cc(Br)c2nc(C)c(C(=O)NC(C)(C)C)n2c1. The lowest BCUT2D eigenvalue weighted by atomic mass is 10.1. The van der Waals surface area contributed by atoms with Crippen LogP contribution in [-0.2, 0) is 0 Å². The summed E-state index contributed by atoms with van der Waals surface area (Å²) in [6.45, 7) is 9.73. The van der Waals surface area contributed by atoms with E-state index < -0.39 is 0 Å². The Morgan fingerprint density at radius 1 is 1.37 bits per heavy atom. The van der Waals surface area contributed by atoms with Crippen LogP contribution in [0.4, 0.5) is 0 Å². The first kappa shape index (κ1) is 14.1. The zero-order chi connectivity index (χ0) is 14.4. The van der Waals surface area contributed by atoms with Crippen LogP contribution >= 0.6 is 15.9 Å². The van der Waals surface area contributed by atoms with Gasteiger partial charge >= 0.3 is 0 Å². The number of hydrogen-bond acceptors (Lipinski definition) is 2. The van der Waals surface area contributed by atoms with E-state index in [1.54, 1.807) is 0 Å². The average Bonchev–Trinajstić information content (AvgIpc) is 2.52. The van der Waals surface area contributed by atoms with E-state index in [1.165, 1.54) is 0 Å². The van der Waals surface area contributed by atoms with Crippen molar-refractivity contribution in [3.8, 4) is 0 Å². The van der Waals surface area contributed by atoms with E-state index >= 15 is 0 Å². The van der Waals surface area contributed by atoms with Gasteiger partial charge in [0.05, 0.1) is 10.2 Å². The molecule has 0 fully saturated rings. The van der Waals surface area contributed by atoms with E-state index in [-0.39, 0.29) is 11.4 Å². The number of imidazole rings is 1. The smallest absolute Gasteiger partial charge is 0.270 e. The molecule has 0 atom stereocenters. The van der Waals surface area contributed by atoms with Crippen molar-refractivity contribution in [2.24, 2.45) is 0 Å². The summed E-state index contributed by atoms with van der Waals surface area (Å²) in [5, 5.41) is 2.98. The summed E-state index contributed by atoms with van der Waals surface area (Å²) >= 11 is 3.49. The van der Waals surface area contributed by atoms with Gasteiger partial charge in [0.1, 0.15) is 5.69 Å². The van der Waals surface area contributed by atoms with E-state index in [4.69, 9.17) is 0 Å². The van der Waals surface area contributed by atoms with Gasteiger partial charge in [0.15, 0.2) is 5.65 Å². The molecule has 1 amide bonds. The topological polar surface area (TPSA) is 46.4 Å². The Morgan fingerprint density at radius 2 is 2.00 bits per heavy atom. The molecule has 0 saturated heterocycles. The van der Waals surface area contributed by atoms with Gasteiger partial charge in [-0.1, -0.05) is 0 Å². The molecular weight excluding hydrogens is 306 g/mol. The maximum Gasteiger partial charge on any atom is 0.270 e. The Hall–Kier alpha value is -1.36. The van der Waals surface area contributed by atoms with Crippen LogP contribution in [-0.4, -0.2) is 20.8 Å². The number of aryl methyl sites for hydroxylation is 2. The van der Waals surface area contributed by atoms with E-state index in [0.29, 0.717) is 5.69 Å². The normalized spacial score (nSPS) is 11.9. The van der Waals surface area contributed by atoms with Gasteiger partial charge in [-0.3, -0.25) is 9.20 Å². The van der Waals surface area contributed by atoms with Gasteiger partial charge in [0, 0.05) is 11.7 Å². The third-order valence-corrected chi connectivity index (χ3v) is 3.27. The number of carbonyl (C=O) groups is 1. The maximum absolute atomic E-state index is 12.4. The number of nitrogens with one attached hydrogen (secondary N) is 1. The number of nitrogens with zero attached hydrogens (tertiary/aromatic N) is 2. The largest absolute Gasteiger partial charge is 0.346 e. The predicted molar refractivity (Wildman–Crippen MR) is 79.6 cm³/mol. The summed E-state index contributed by atoms with van der Waals surface area (Å²) in [5.74, 6) is -0.102. The van der Waals surface area contributed by atoms with Gasteiger partial charge in [-0.2, -0.15) is 0 Å². The average molecular weight is 324 g/mol. The summed E-state index contributed by atoms with van der Waals surface area (Å²) in [4.78, 5) is 16.9. The number of carbonyl (C=O) groups excluding carboxylic acids is 1. The van der Waals surface area contributed by atoms with Crippen molar-refractivity contribution in [2.45, 2.75) is 40.2 Å². The molecule has 2 aromatic heterocycles. The molecule has 5 heteroatoms. The van der Waals surface area contributed by atoms with Crippen LogP contribution in [0.5, 0.6) is 0 Å². The standard InChI is InChI=1S/C14H18BrN3O/c1-8-6-10(15)12-16-9(2)11(18(12)7-8)13(19)17-14(3,4)5/h6-7H,1-5H3,(H,17,19). The predicted octanol–water partition coefficient (Wildman–Crippen LogP) is 3.24. The van der Waals surface area contributed by atoms with Crippen LogP contribution in [0.3, 0.4) is 0 Å². The molecule has 0 radical (unpaired) electrons. The van der Waals surface area contributed by atoms with E-state index in [2.05, 4.69) is 26.2 Å². The minimum absolute atomic E-state index is 0.102. The molecule has 102 valence electrons. The molecule has 19 heavy (non-hydrogen) atoms. The van der Waals surface area contributed by atoms with Gasteiger partial charge in [-0.05, 0) is 62.2 Å². The third-order valence-electron chi connectivity index (χ3n) is 2.69. The minimum atomic E-state index is -0.269. The first-order chi connectivity index (χ1) is 8.69. The first-order valence-electron chi connectivity index (χ1n) is 6.16. The fourth-order valence-corrected chi connectivity index (χ4v) is 2.66. The Balaban J connectivity index is 2.60. The number of hydrogen-bond donors (Lipinski definition) is 1. The number of rotatable bonds is 1. The summed E-state index contributed by atoms with van der Waals surface area (Å²) in [6, 6.07) is 1.99. The number of amides is 1. The molecule has 0 unspecified atom stereocenters. The van der Waals surface area contributed by atoms with Crippen LogP contribution in [0.25, 0.3) is 5.65 Å². The second kappa shape index (κ2) is 4.63. The highest BCUT2D eigenvalue weighted by atomic mass is 79.9. The highest BCUT2D eigenvalue weighted by Gasteiger charge is 2.22. The lowest BCUT2D eigenvalue weighted by Gasteiger charge is -2.20. The van der Waals surface area contributed by atoms with Gasteiger partial charge in [-0.15, -0.1) is 0 Å². The quantitative estimate of drug-likeness (QED) is 0.875. The van der Waals surface area contributed by atoms with Crippen LogP contribution in [0.2, 0.25) is 0 Å². The monoisotopic (exact) mass is 323 g/mol. The Morgan fingerprint density at radius 3 is 2.58 bits per heavy atom. The van der Waals surface area contributed by atoms with Crippen molar-refractivity contribution in [3.05, 3.63) is 33.7 Å². The zero-order valence-corrected chi connectivity index (χ0v) is 13.4. The van der Waals surface area contributed by atoms with Crippen LogP contribution in [0.15, 0.2) is 16.7 Å². The first-order valence-corrected chi connectivity index (χ1v) is 6.95. The van der Waals surface area contributed by atoms with E-state index in [9.17, 15) is 4.79 Å². The highest BCUT2D eigenvalue weighted by molar-refractivity contribution is 9.10. The van der Waals surface area contributed by atoms with Gasteiger partial charge in [-0.25, -0.2) is 4.98 Å². The van der Waals surface area contributed by atoms with Crippen LogP contribution in [0, 0.1) is 13.8 Å². The Kier molecular flexibility index (Phi) is 3.43. The molecule has 4 nitrogen and oxygen atoms in total. The molecule has 2 rings (SSSR count). The minimum Gasteiger partial charge on any atom is -0.346 e. The molecule has 0 spiro atoms. The number of aromatic nitrogens is 2. The van der Waals surface area contributed by atoms with Crippen molar-refractivity contribution < 1.29 is 4.79 Å². The lowest BCUT2D eigenvalue weighted by molar-refractivity contribution is 0.0913. The molecule has 0 aliphatic rings. The lowest BCUT2D eigenvalue weighted by Crippen LogP contribution is -2.41. The number of fused-ring (bicyclic) bond motifs is 1. The molecule has 0 aliphatic heterocycles. The molecule has 1 N–H and O–H groups in total. The Labute approximate surface area is 121 Å². The van der Waals surface area contributed by atoms with Crippen LogP contribution < -0.4 is 5.32 Å². The molecule has 0 aromatic carbocycles. The van der Waals surface area contributed by atoms with Crippen molar-refractivity contribution in [1.82, 2.24) is 14.7 Å². The second-order valence-electron chi connectivity index (χ2n) is 5.81. The van der Waals surface area contributed by atoms with Gasteiger partial charge in [0.25, 0.3) is 5.91 Å². The molecular formula is C14H18BrN3O. The van der Waals surface area contributed by atoms with Crippen molar-refractivity contribution >= 4 is 27.5 Å². The van der Waals surface area contributed by atoms with Crippen molar-refractivity contribution in [3.63, 3.8) is 0 Å². The van der Waals surface area contributed by atoms with Gasteiger partial charge < -0.3 is 5.32 Å². The van der Waals surface area contributed by atoms with Crippen molar-refractivity contribution in [1.29, 1.82) is 0 Å². The molecule has 0 aliphatic carbocycles. The molecule has 2 heterocycles. The maximum atomic E-state index is 12.4. The highest BCUT2D eigenvalue weighted by Crippen LogP contribution is 2.22. The summed E-state index contributed by atoms with van der Waals surface area (Å²) in [5.41, 5.74) is 2.89. The van der Waals surface area contributed by atoms with Crippen LogP contribution in [0.1, 0.15) is 42.5 Å². The summed E-state index contributed by atoms with van der Waals surface area (Å²) in [6.07, 6.45) is 1.93. The third kappa shape index (κ3) is 2.81. The fourth-order valence-electron chi connectivity index (χ4n) is 2.02. The number of pyridine rings is 1. The Bertz CT molecular complexity index is 653. The zero-order valence-electron chi connectivity index (χ0n) is 11.8. The number of halogens is 1. The second-order valence-corrected chi connectivity index (χ2v) is 6.66.